The van der Waals surface area contributed by atoms with Crippen LogP contribution in [0.2, 0.25) is 0 Å². The zero-order chi connectivity index (χ0) is 20.3. The molecule has 150 valence electrons. The summed E-state index contributed by atoms with van der Waals surface area (Å²) in [4.78, 5) is 33.7. The van der Waals surface area contributed by atoms with Gasteiger partial charge in [0.2, 0.25) is 5.91 Å². The Kier molecular flexibility index (Phi) is 5.98. The van der Waals surface area contributed by atoms with E-state index in [1.165, 1.54) is 6.07 Å². The summed E-state index contributed by atoms with van der Waals surface area (Å²) in [7, 11) is -3.52. The third kappa shape index (κ3) is 4.49. The van der Waals surface area contributed by atoms with Gasteiger partial charge in [0.1, 0.15) is 5.82 Å². The molecule has 1 amide bonds. The quantitative estimate of drug-likeness (QED) is 0.797. The predicted octanol–water partition coefficient (Wildman–Crippen LogP) is 2.17. The summed E-state index contributed by atoms with van der Waals surface area (Å²) in [6.45, 7) is 4.34. The highest BCUT2D eigenvalue weighted by atomic mass is 32.2. The molecule has 1 aromatic carbocycles. The van der Waals surface area contributed by atoms with Crippen LogP contribution in [-0.2, 0) is 21.1 Å². The van der Waals surface area contributed by atoms with Gasteiger partial charge in [-0.15, -0.1) is 0 Å². The average molecular weight is 404 g/mol. The summed E-state index contributed by atoms with van der Waals surface area (Å²) in [6.07, 6.45) is 2.03. The van der Waals surface area contributed by atoms with Gasteiger partial charge in [0.15, 0.2) is 9.84 Å². The summed E-state index contributed by atoms with van der Waals surface area (Å²) < 4.78 is 25.0. The predicted molar refractivity (Wildman–Crippen MR) is 106 cm³/mol. The number of H-pyrrole nitrogens is 1. The Morgan fingerprint density at radius 3 is 2.68 bits per heavy atom. The van der Waals surface area contributed by atoms with Gasteiger partial charge in [-0.3, -0.25) is 9.59 Å². The number of sulfone groups is 1. The highest BCUT2D eigenvalue weighted by molar-refractivity contribution is 7.91. The van der Waals surface area contributed by atoms with E-state index in [-0.39, 0.29) is 34.6 Å². The Labute approximate surface area is 164 Å². The van der Waals surface area contributed by atoms with E-state index in [9.17, 15) is 18.0 Å². The number of hydrogen-bond donors (Lipinski definition) is 1. The van der Waals surface area contributed by atoms with E-state index in [0.717, 1.165) is 12.0 Å². The number of benzene rings is 1. The first-order valence-electron chi connectivity index (χ1n) is 9.49. The number of nitrogens with one attached hydrogen (secondary N) is 1. The van der Waals surface area contributed by atoms with E-state index in [0.29, 0.717) is 30.9 Å². The van der Waals surface area contributed by atoms with E-state index in [4.69, 9.17) is 0 Å². The van der Waals surface area contributed by atoms with E-state index >= 15 is 0 Å². The van der Waals surface area contributed by atoms with Crippen LogP contribution in [0.15, 0.2) is 40.0 Å². The minimum Gasteiger partial charge on any atom is -0.332 e. The molecule has 7 nitrogen and oxygen atoms in total. The molecule has 1 fully saturated rings. The van der Waals surface area contributed by atoms with Crippen molar-refractivity contribution in [1.82, 2.24) is 14.9 Å². The highest BCUT2D eigenvalue weighted by Crippen LogP contribution is 2.30. The van der Waals surface area contributed by atoms with Gasteiger partial charge in [-0.2, -0.15) is 0 Å². The van der Waals surface area contributed by atoms with Crippen LogP contribution in [0.25, 0.3) is 0 Å². The van der Waals surface area contributed by atoms with Crippen LogP contribution in [0.4, 0.5) is 0 Å². The fraction of sp³-hybridized carbons (Fsp3) is 0.450. The van der Waals surface area contributed by atoms with Crippen molar-refractivity contribution in [1.29, 1.82) is 0 Å². The van der Waals surface area contributed by atoms with E-state index in [1.54, 1.807) is 29.2 Å². The standard InChI is InChI=1S/C20H25N3O4S/c1-3-15-13-18(24)22-20(21-15)17-5-4-11-23(17)19(25)10-12-28(26,27)16-8-6-14(2)7-9-16/h6-9,13,17H,3-5,10-12H2,1-2H3,(H,21,22,24)/t17-/m0/s1. The zero-order valence-electron chi connectivity index (χ0n) is 16.1. The number of aryl methyl sites for hydroxylation is 2. The number of likely N-dealkylation sites (tertiary alicyclic amines) is 1. The van der Waals surface area contributed by atoms with Crippen molar-refractivity contribution in [3.8, 4) is 0 Å². The third-order valence-electron chi connectivity index (χ3n) is 5.03. The zero-order valence-corrected chi connectivity index (χ0v) is 17.0. The third-order valence-corrected chi connectivity index (χ3v) is 6.76. The molecule has 2 heterocycles. The number of carbonyl (C=O) groups is 1. The molecule has 0 aliphatic carbocycles. The van der Waals surface area contributed by atoms with Gasteiger partial charge in [-0.05, 0) is 38.3 Å². The normalized spacial score (nSPS) is 17.1. The molecular formula is C20H25N3O4S. The van der Waals surface area contributed by atoms with E-state index < -0.39 is 9.84 Å². The van der Waals surface area contributed by atoms with E-state index in [1.807, 2.05) is 13.8 Å². The number of amides is 1. The summed E-state index contributed by atoms with van der Waals surface area (Å²) in [6, 6.07) is 7.77. The lowest BCUT2D eigenvalue weighted by atomic mass is 10.2. The second kappa shape index (κ2) is 8.26. The Bertz CT molecular complexity index is 1010. The molecule has 0 saturated carbocycles. The number of aromatic nitrogens is 2. The Balaban J connectivity index is 1.72. The summed E-state index contributed by atoms with van der Waals surface area (Å²) in [5.74, 6) is 0.0104. The van der Waals surface area contributed by atoms with Crippen molar-refractivity contribution in [2.75, 3.05) is 12.3 Å². The summed E-state index contributed by atoms with van der Waals surface area (Å²) >= 11 is 0. The fourth-order valence-electron chi connectivity index (χ4n) is 3.45. The van der Waals surface area contributed by atoms with Gasteiger partial charge in [0.05, 0.1) is 16.7 Å². The van der Waals surface area contributed by atoms with Crippen molar-refractivity contribution >= 4 is 15.7 Å². The van der Waals surface area contributed by atoms with Gasteiger partial charge in [-0.25, -0.2) is 13.4 Å². The SMILES string of the molecule is CCc1cc(=O)[nH]c([C@@H]2CCCN2C(=O)CCS(=O)(=O)c2ccc(C)cc2)n1. The molecule has 3 rings (SSSR count). The highest BCUT2D eigenvalue weighted by Gasteiger charge is 2.32. The molecule has 1 aliphatic heterocycles. The molecule has 1 atom stereocenters. The monoisotopic (exact) mass is 403 g/mol. The Morgan fingerprint density at radius 1 is 1.29 bits per heavy atom. The van der Waals surface area contributed by atoms with Gasteiger partial charge >= 0.3 is 0 Å². The lowest BCUT2D eigenvalue weighted by molar-refractivity contribution is -0.131. The molecule has 0 spiro atoms. The molecule has 0 radical (unpaired) electrons. The summed E-state index contributed by atoms with van der Waals surface area (Å²) in [5.41, 5.74) is 1.42. The summed E-state index contributed by atoms with van der Waals surface area (Å²) in [5, 5.41) is 0. The van der Waals surface area contributed by atoms with Gasteiger partial charge in [0.25, 0.3) is 5.56 Å². The Hall–Kier alpha value is -2.48. The van der Waals surface area contributed by atoms with Gasteiger partial charge in [0, 0.05) is 24.7 Å². The number of rotatable bonds is 6. The topological polar surface area (TPSA) is 100 Å². The maximum Gasteiger partial charge on any atom is 0.251 e. The second-order valence-corrected chi connectivity index (χ2v) is 9.21. The molecule has 2 aromatic rings. The van der Waals surface area contributed by atoms with Crippen LogP contribution in [0.1, 0.15) is 49.3 Å². The van der Waals surface area contributed by atoms with Crippen LogP contribution < -0.4 is 5.56 Å². The number of hydrogen-bond acceptors (Lipinski definition) is 5. The van der Waals surface area contributed by atoms with Crippen molar-refractivity contribution in [3.05, 3.63) is 57.8 Å². The molecule has 0 unspecified atom stereocenters. The molecule has 1 aromatic heterocycles. The molecule has 1 saturated heterocycles. The van der Waals surface area contributed by atoms with Crippen molar-refractivity contribution < 1.29 is 13.2 Å². The smallest absolute Gasteiger partial charge is 0.251 e. The van der Waals surface area contributed by atoms with Crippen molar-refractivity contribution in [3.63, 3.8) is 0 Å². The lowest BCUT2D eigenvalue weighted by Crippen LogP contribution is -2.33. The molecular weight excluding hydrogens is 378 g/mol. The van der Waals surface area contributed by atoms with Crippen LogP contribution in [-0.4, -0.2) is 41.5 Å². The number of nitrogens with zero attached hydrogens (tertiary/aromatic N) is 2. The molecule has 1 aliphatic rings. The lowest BCUT2D eigenvalue weighted by Gasteiger charge is -2.24. The van der Waals surface area contributed by atoms with Crippen LogP contribution in [0.3, 0.4) is 0 Å². The van der Waals surface area contributed by atoms with Gasteiger partial charge < -0.3 is 9.88 Å². The largest absolute Gasteiger partial charge is 0.332 e. The molecule has 0 bridgehead atoms. The first-order chi connectivity index (χ1) is 13.3. The maximum atomic E-state index is 12.7. The average Bonchev–Trinajstić information content (AvgIpc) is 3.16. The van der Waals surface area contributed by atoms with E-state index in [2.05, 4.69) is 9.97 Å². The minimum absolute atomic E-state index is 0.0928. The van der Waals surface area contributed by atoms with Crippen molar-refractivity contribution in [2.45, 2.75) is 50.5 Å². The molecule has 1 N–H and O–H groups in total. The Morgan fingerprint density at radius 2 is 2.00 bits per heavy atom. The maximum absolute atomic E-state index is 12.7. The second-order valence-electron chi connectivity index (χ2n) is 7.10. The number of carbonyl (C=O) groups excluding carboxylic acids is 1. The van der Waals surface area contributed by atoms with Crippen LogP contribution in [0, 0.1) is 6.92 Å². The number of aromatic amines is 1. The first-order valence-corrected chi connectivity index (χ1v) is 11.1. The van der Waals surface area contributed by atoms with Crippen LogP contribution >= 0.6 is 0 Å². The molecule has 8 heteroatoms. The van der Waals surface area contributed by atoms with Gasteiger partial charge in [-0.1, -0.05) is 24.6 Å². The first kappa shape index (κ1) is 20.3. The minimum atomic E-state index is -3.52. The fourth-order valence-corrected chi connectivity index (χ4v) is 4.68. The van der Waals surface area contributed by atoms with Crippen LogP contribution in [0.5, 0.6) is 0 Å². The molecule has 28 heavy (non-hydrogen) atoms. The van der Waals surface area contributed by atoms with Crippen molar-refractivity contribution in [2.24, 2.45) is 0 Å².